The molecule has 0 aliphatic carbocycles. The van der Waals surface area contributed by atoms with Gasteiger partial charge in [-0.15, -0.1) is 11.6 Å². The topological polar surface area (TPSA) is 49.2 Å². The number of halogens is 1. The van der Waals surface area contributed by atoms with E-state index in [1.54, 1.807) is 6.33 Å². The van der Waals surface area contributed by atoms with Crippen LogP contribution in [0.1, 0.15) is 31.1 Å². The number of aromatic nitrogens is 3. The molecule has 17 heavy (non-hydrogen) atoms. The smallest absolute Gasteiger partial charge is 0.142 e. The summed E-state index contributed by atoms with van der Waals surface area (Å²) in [6.45, 7) is 2.26. The Hall–Kier alpha value is -0.650. The third kappa shape index (κ3) is 2.07. The lowest BCUT2D eigenvalue weighted by atomic mass is 9.90. The maximum absolute atomic E-state index is 5.91. The molecular formula is C11H16ClN3O2. The fourth-order valence-electron chi connectivity index (χ4n) is 2.75. The van der Waals surface area contributed by atoms with Crippen molar-refractivity contribution >= 4 is 11.6 Å². The van der Waals surface area contributed by atoms with Gasteiger partial charge < -0.3 is 9.47 Å². The molecule has 2 unspecified atom stereocenters. The Labute approximate surface area is 105 Å². The van der Waals surface area contributed by atoms with E-state index < -0.39 is 0 Å². The Morgan fingerprint density at radius 1 is 1.53 bits per heavy atom. The van der Waals surface area contributed by atoms with E-state index in [1.807, 2.05) is 4.68 Å². The molecule has 0 N–H and O–H groups in total. The van der Waals surface area contributed by atoms with Crippen molar-refractivity contribution < 1.29 is 9.47 Å². The van der Waals surface area contributed by atoms with Gasteiger partial charge in [-0.3, -0.25) is 0 Å². The Kier molecular flexibility index (Phi) is 3.06. The molecule has 3 heterocycles. The second-order valence-corrected chi connectivity index (χ2v) is 5.00. The number of hydrogen-bond donors (Lipinski definition) is 0. The Bertz CT molecular complexity index is 390. The molecule has 0 radical (unpaired) electrons. The quantitative estimate of drug-likeness (QED) is 0.754. The van der Waals surface area contributed by atoms with Crippen molar-refractivity contribution in [2.24, 2.45) is 0 Å². The van der Waals surface area contributed by atoms with Crippen LogP contribution in [-0.2, 0) is 15.4 Å². The van der Waals surface area contributed by atoms with Gasteiger partial charge in [0.2, 0.25) is 0 Å². The minimum Gasteiger partial charge on any atom is -0.378 e. The van der Waals surface area contributed by atoms with Gasteiger partial charge in [-0.25, -0.2) is 9.67 Å². The molecule has 3 rings (SSSR count). The Morgan fingerprint density at radius 3 is 3.24 bits per heavy atom. The molecule has 1 aromatic heterocycles. The fraction of sp³-hybridized carbons (Fsp3) is 0.818. The van der Waals surface area contributed by atoms with Crippen LogP contribution in [0.2, 0.25) is 0 Å². The Morgan fingerprint density at radius 2 is 2.47 bits per heavy atom. The van der Waals surface area contributed by atoms with E-state index in [1.165, 1.54) is 0 Å². The highest BCUT2D eigenvalue weighted by molar-refractivity contribution is 6.16. The van der Waals surface area contributed by atoms with E-state index in [0.29, 0.717) is 18.5 Å². The van der Waals surface area contributed by atoms with Crippen molar-refractivity contribution in [2.75, 3.05) is 19.8 Å². The van der Waals surface area contributed by atoms with Crippen LogP contribution >= 0.6 is 11.6 Å². The van der Waals surface area contributed by atoms with E-state index in [4.69, 9.17) is 21.1 Å². The summed E-state index contributed by atoms with van der Waals surface area (Å²) in [5.41, 5.74) is -0.0988. The molecule has 2 atom stereocenters. The van der Waals surface area contributed by atoms with Gasteiger partial charge >= 0.3 is 0 Å². The summed E-state index contributed by atoms with van der Waals surface area (Å²) >= 11 is 5.86. The highest BCUT2D eigenvalue weighted by atomic mass is 35.5. The van der Waals surface area contributed by atoms with Gasteiger partial charge in [-0.1, -0.05) is 0 Å². The van der Waals surface area contributed by atoms with Gasteiger partial charge in [0.1, 0.15) is 12.2 Å². The molecule has 94 valence electrons. The van der Waals surface area contributed by atoms with Crippen LogP contribution in [0.3, 0.4) is 0 Å². The molecule has 5 nitrogen and oxygen atoms in total. The number of nitrogens with zero attached hydrogens (tertiary/aromatic N) is 3. The van der Waals surface area contributed by atoms with Crippen LogP contribution in [0.25, 0.3) is 0 Å². The molecule has 0 saturated carbocycles. The van der Waals surface area contributed by atoms with Crippen molar-refractivity contribution in [1.29, 1.82) is 0 Å². The second kappa shape index (κ2) is 4.55. The van der Waals surface area contributed by atoms with Crippen LogP contribution in [0.5, 0.6) is 0 Å². The lowest BCUT2D eigenvalue weighted by molar-refractivity contribution is -0.0965. The Balaban J connectivity index is 1.79. The predicted octanol–water partition coefficient (Wildman–Crippen LogP) is 1.53. The first-order valence-electron chi connectivity index (χ1n) is 5.99. The van der Waals surface area contributed by atoms with Gasteiger partial charge in [0.15, 0.2) is 0 Å². The number of rotatable bonds is 2. The van der Waals surface area contributed by atoms with E-state index in [9.17, 15) is 0 Å². The highest BCUT2D eigenvalue weighted by Gasteiger charge is 2.42. The van der Waals surface area contributed by atoms with Crippen molar-refractivity contribution in [2.45, 2.75) is 36.8 Å². The van der Waals surface area contributed by atoms with E-state index in [0.717, 1.165) is 38.3 Å². The lowest BCUT2D eigenvalue weighted by Crippen LogP contribution is -2.41. The van der Waals surface area contributed by atoms with Gasteiger partial charge in [-0.2, -0.15) is 5.10 Å². The molecule has 1 aromatic rings. The molecule has 2 fully saturated rings. The summed E-state index contributed by atoms with van der Waals surface area (Å²) < 4.78 is 13.3. The first kappa shape index (κ1) is 11.4. The third-order valence-electron chi connectivity index (χ3n) is 3.65. The molecule has 2 aliphatic heterocycles. The summed E-state index contributed by atoms with van der Waals surface area (Å²) in [4.78, 5) is 4.17. The van der Waals surface area contributed by atoms with Gasteiger partial charge in [0, 0.05) is 26.1 Å². The molecule has 0 aromatic carbocycles. The maximum Gasteiger partial charge on any atom is 0.142 e. The average Bonchev–Trinajstić information content (AvgIpc) is 2.98. The molecule has 0 bridgehead atoms. The van der Waals surface area contributed by atoms with Crippen molar-refractivity contribution in [3.05, 3.63) is 12.2 Å². The number of alkyl halides is 1. The number of ether oxygens (including phenoxy) is 2. The van der Waals surface area contributed by atoms with Crippen LogP contribution in [0.15, 0.2) is 6.33 Å². The third-order valence-corrected chi connectivity index (χ3v) is 3.89. The SMILES string of the molecule is ClCc1ncnn1C1CCOC2(CCOC2)C1. The minimum atomic E-state index is -0.0988. The molecule has 0 amide bonds. The minimum absolute atomic E-state index is 0.0988. The maximum atomic E-state index is 5.91. The summed E-state index contributed by atoms with van der Waals surface area (Å²) in [5, 5.41) is 4.29. The predicted molar refractivity (Wildman–Crippen MR) is 62.0 cm³/mol. The zero-order valence-corrected chi connectivity index (χ0v) is 10.4. The lowest BCUT2D eigenvalue weighted by Gasteiger charge is -2.37. The summed E-state index contributed by atoms with van der Waals surface area (Å²) in [5.74, 6) is 1.24. The van der Waals surface area contributed by atoms with E-state index >= 15 is 0 Å². The molecule has 2 aliphatic rings. The van der Waals surface area contributed by atoms with Crippen molar-refractivity contribution in [3.8, 4) is 0 Å². The fourth-order valence-corrected chi connectivity index (χ4v) is 2.94. The van der Waals surface area contributed by atoms with Crippen LogP contribution in [0, 0.1) is 0 Å². The van der Waals surface area contributed by atoms with E-state index in [2.05, 4.69) is 10.1 Å². The highest BCUT2D eigenvalue weighted by Crippen LogP contribution is 2.37. The van der Waals surface area contributed by atoms with Crippen LogP contribution in [-0.4, -0.2) is 40.2 Å². The largest absolute Gasteiger partial charge is 0.378 e. The first-order chi connectivity index (χ1) is 8.33. The second-order valence-electron chi connectivity index (χ2n) is 4.74. The van der Waals surface area contributed by atoms with Crippen LogP contribution in [0.4, 0.5) is 0 Å². The summed E-state index contributed by atoms with van der Waals surface area (Å²) in [7, 11) is 0. The van der Waals surface area contributed by atoms with E-state index in [-0.39, 0.29) is 5.60 Å². The molecule has 2 saturated heterocycles. The number of hydrogen-bond acceptors (Lipinski definition) is 4. The van der Waals surface area contributed by atoms with Crippen molar-refractivity contribution in [3.63, 3.8) is 0 Å². The monoisotopic (exact) mass is 257 g/mol. The van der Waals surface area contributed by atoms with Crippen LogP contribution < -0.4 is 0 Å². The average molecular weight is 258 g/mol. The zero-order valence-electron chi connectivity index (χ0n) is 9.64. The van der Waals surface area contributed by atoms with Gasteiger partial charge in [0.25, 0.3) is 0 Å². The van der Waals surface area contributed by atoms with Crippen molar-refractivity contribution in [1.82, 2.24) is 14.8 Å². The zero-order chi connectivity index (χ0) is 11.7. The summed E-state index contributed by atoms with van der Waals surface area (Å²) in [6.07, 6.45) is 4.47. The van der Waals surface area contributed by atoms with Gasteiger partial charge in [0.05, 0.1) is 24.1 Å². The summed E-state index contributed by atoms with van der Waals surface area (Å²) in [6, 6.07) is 0.335. The molecule has 6 heteroatoms. The first-order valence-corrected chi connectivity index (χ1v) is 6.52. The van der Waals surface area contributed by atoms with Gasteiger partial charge in [-0.05, 0) is 6.42 Å². The molecule has 1 spiro atoms. The standard InChI is InChI=1S/C11H16ClN3O2/c12-6-10-13-8-14-15(10)9-1-3-17-11(5-9)2-4-16-7-11/h8-9H,1-7H2. The molecular weight excluding hydrogens is 242 g/mol. The normalized spacial score (nSPS) is 33.4.